The number of hydrogen-bond donors (Lipinski definition) is 2. The van der Waals surface area contributed by atoms with E-state index in [-0.39, 0.29) is 30.7 Å². The molecule has 2 rings (SSSR count). The second-order valence-electron chi connectivity index (χ2n) is 6.43. The minimum atomic E-state index is -0.362. The number of ether oxygens (including phenoxy) is 1. The van der Waals surface area contributed by atoms with E-state index in [1.165, 1.54) is 24.3 Å². The summed E-state index contributed by atoms with van der Waals surface area (Å²) in [5, 5.41) is 2.69. The molecule has 2 aromatic rings. The van der Waals surface area contributed by atoms with Crippen molar-refractivity contribution >= 4 is 17.5 Å². The highest BCUT2D eigenvalue weighted by molar-refractivity contribution is 5.91. The molecule has 0 heterocycles. The first-order valence-electron chi connectivity index (χ1n) is 8.61. The summed E-state index contributed by atoms with van der Waals surface area (Å²) in [6.45, 7) is 0.742. The van der Waals surface area contributed by atoms with Gasteiger partial charge in [0.1, 0.15) is 11.6 Å². The molecule has 2 amide bonds. The third-order valence-corrected chi connectivity index (χ3v) is 4.07. The summed E-state index contributed by atoms with van der Waals surface area (Å²) < 4.78 is 18.2. The van der Waals surface area contributed by atoms with E-state index in [9.17, 15) is 14.0 Å². The number of carbonyl (C=O) groups excluding carboxylic acids is 2. The van der Waals surface area contributed by atoms with Crippen LogP contribution >= 0.6 is 0 Å². The lowest BCUT2D eigenvalue weighted by molar-refractivity contribution is -0.862. The van der Waals surface area contributed by atoms with Gasteiger partial charge in [-0.2, -0.15) is 0 Å². The van der Waals surface area contributed by atoms with Gasteiger partial charge >= 0.3 is 0 Å². The first-order chi connectivity index (χ1) is 12.9. The van der Waals surface area contributed by atoms with Gasteiger partial charge in [0.05, 0.1) is 14.2 Å². The van der Waals surface area contributed by atoms with Crippen LogP contribution in [0.3, 0.4) is 0 Å². The summed E-state index contributed by atoms with van der Waals surface area (Å²) >= 11 is 0. The molecule has 144 valence electrons. The Hall–Kier alpha value is -2.93. The first-order valence-corrected chi connectivity index (χ1v) is 8.61. The zero-order valence-electron chi connectivity index (χ0n) is 15.8. The van der Waals surface area contributed by atoms with Crippen LogP contribution in [-0.4, -0.2) is 51.0 Å². The number of amides is 2. The molecule has 0 aromatic heterocycles. The van der Waals surface area contributed by atoms with E-state index in [1.54, 1.807) is 26.1 Å². The molecule has 0 fully saturated rings. The molecule has 0 aliphatic rings. The molecular weight excluding hydrogens is 349 g/mol. The number of quaternary nitrogens is 1. The first kappa shape index (κ1) is 20.4. The van der Waals surface area contributed by atoms with Crippen LogP contribution in [0, 0.1) is 5.82 Å². The lowest BCUT2D eigenvalue weighted by Gasteiger charge is -2.21. The van der Waals surface area contributed by atoms with Gasteiger partial charge in [-0.3, -0.25) is 9.59 Å². The summed E-state index contributed by atoms with van der Waals surface area (Å²) in [4.78, 5) is 26.9. The molecule has 6 nitrogen and oxygen atoms in total. The number of hydrogen-bond acceptors (Lipinski definition) is 3. The van der Waals surface area contributed by atoms with E-state index in [4.69, 9.17) is 4.74 Å². The molecular formula is C20H25FN3O3+. The summed E-state index contributed by atoms with van der Waals surface area (Å²) in [7, 11) is 5.10. The smallest absolute Gasteiger partial charge is 0.279 e. The Labute approximate surface area is 158 Å². The fourth-order valence-corrected chi connectivity index (χ4v) is 2.65. The number of likely N-dealkylation sites (N-methyl/N-ethyl adjacent to an activating group) is 2. The van der Waals surface area contributed by atoms with Gasteiger partial charge in [0, 0.05) is 24.8 Å². The number of nitrogens with one attached hydrogen (secondary N) is 2. The lowest BCUT2D eigenvalue weighted by Crippen LogP contribution is -3.11. The van der Waals surface area contributed by atoms with E-state index >= 15 is 0 Å². The van der Waals surface area contributed by atoms with Crippen molar-refractivity contribution in [1.29, 1.82) is 0 Å². The van der Waals surface area contributed by atoms with Crippen molar-refractivity contribution in [3.05, 3.63) is 59.9 Å². The van der Waals surface area contributed by atoms with Gasteiger partial charge < -0.3 is 19.9 Å². The average molecular weight is 374 g/mol. The Bertz CT molecular complexity index is 780. The summed E-state index contributed by atoms with van der Waals surface area (Å²) in [5.74, 6) is 0.0585. The topological polar surface area (TPSA) is 63.1 Å². The monoisotopic (exact) mass is 374 g/mol. The van der Waals surface area contributed by atoms with Crippen LogP contribution in [0.5, 0.6) is 5.75 Å². The summed E-state index contributed by atoms with van der Waals surface area (Å²) in [6.07, 6.45) is 0. The molecule has 1 unspecified atom stereocenters. The van der Waals surface area contributed by atoms with Crippen molar-refractivity contribution in [2.75, 3.05) is 39.6 Å². The molecule has 1 atom stereocenters. The van der Waals surface area contributed by atoms with Crippen molar-refractivity contribution in [3.63, 3.8) is 0 Å². The van der Waals surface area contributed by atoms with Gasteiger partial charge in [-0.05, 0) is 30.3 Å². The van der Waals surface area contributed by atoms with Crippen molar-refractivity contribution in [2.45, 2.75) is 6.54 Å². The highest BCUT2D eigenvalue weighted by atomic mass is 19.1. The fourth-order valence-electron chi connectivity index (χ4n) is 2.65. The number of carbonyl (C=O) groups is 2. The Kier molecular flexibility index (Phi) is 7.31. The van der Waals surface area contributed by atoms with Crippen molar-refractivity contribution in [1.82, 2.24) is 4.90 Å². The highest BCUT2D eigenvalue weighted by Gasteiger charge is 2.18. The molecule has 0 saturated heterocycles. The number of benzene rings is 2. The Morgan fingerprint density at radius 1 is 1.11 bits per heavy atom. The second kappa shape index (κ2) is 9.68. The van der Waals surface area contributed by atoms with Crippen LogP contribution in [0.2, 0.25) is 0 Å². The number of para-hydroxylation sites is 1. The molecule has 0 radical (unpaired) electrons. The summed E-state index contributed by atoms with van der Waals surface area (Å²) in [6, 6.07) is 13.1. The molecule has 0 spiro atoms. The van der Waals surface area contributed by atoms with Crippen LogP contribution in [-0.2, 0) is 16.1 Å². The van der Waals surface area contributed by atoms with Crippen LogP contribution in [0.4, 0.5) is 10.1 Å². The van der Waals surface area contributed by atoms with Crippen LogP contribution in [0.1, 0.15) is 5.56 Å². The molecule has 2 N–H and O–H groups in total. The van der Waals surface area contributed by atoms with E-state index in [1.807, 2.05) is 24.3 Å². The van der Waals surface area contributed by atoms with Crippen molar-refractivity contribution in [3.8, 4) is 5.75 Å². The fraction of sp³-hybridized carbons (Fsp3) is 0.300. The van der Waals surface area contributed by atoms with Gasteiger partial charge in [0.2, 0.25) is 0 Å². The third-order valence-electron chi connectivity index (χ3n) is 4.07. The molecule has 0 saturated carbocycles. The minimum absolute atomic E-state index is 0.0759. The number of anilines is 1. The second-order valence-corrected chi connectivity index (χ2v) is 6.43. The predicted molar refractivity (Wildman–Crippen MR) is 101 cm³/mol. The maximum Gasteiger partial charge on any atom is 0.279 e. The zero-order valence-corrected chi connectivity index (χ0v) is 15.8. The predicted octanol–water partition coefficient (Wildman–Crippen LogP) is 0.946. The van der Waals surface area contributed by atoms with E-state index in [0.29, 0.717) is 12.2 Å². The molecule has 2 aromatic carbocycles. The van der Waals surface area contributed by atoms with E-state index < -0.39 is 0 Å². The van der Waals surface area contributed by atoms with Gasteiger partial charge in [-0.15, -0.1) is 0 Å². The number of rotatable bonds is 8. The Morgan fingerprint density at radius 3 is 2.44 bits per heavy atom. The average Bonchev–Trinajstić information content (AvgIpc) is 2.63. The van der Waals surface area contributed by atoms with Crippen molar-refractivity contribution in [2.24, 2.45) is 0 Å². The largest absolute Gasteiger partial charge is 0.496 e. The summed E-state index contributed by atoms with van der Waals surface area (Å²) in [5.41, 5.74) is 1.44. The Balaban J connectivity index is 1.83. The zero-order chi connectivity index (χ0) is 19.8. The number of nitrogens with zero attached hydrogens (tertiary/aromatic N) is 1. The lowest BCUT2D eigenvalue weighted by atomic mass is 10.2. The van der Waals surface area contributed by atoms with Crippen LogP contribution in [0.15, 0.2) is 48.5 Å². The molecule has 27 heavy (non-hydrogen) atoms. The maximum atomic E-state index is 12.9. The van der Waals surface area contributed by atoms with Crippen molar-refractivity contribution < 1.29 is 23.6 Å². The molecule has 0 aliphatic heterocycles. The third kappa shape index (κ3) is 6.38. The minimum Gasteiger partial charge on any atom is -0.496 e. The standard InChI is InChI=1S/C20H24FN3O3/c1-23(13-19(25)22-17-10-8-16(21)9-11-17)14-20(26)24(2)12-15-6-4-5-7-18(15)27-3/h4-11H,12-14H2,1-3H3,(H,22,25)/p+1. The maximum absolute atomic E-state index is 12.9. The van der Waals surface area contributed by atoms with Crippen LogP contribution < -0.4 is 15.0 Å². The highest BCUT2D eigenvalue weighted by Crippen LogP contribution is 2.18. The molecule has 0 bridgehead atoms. The molecule has 7 heteroatoms. The number of halogens is 1. The van der Waals surface area contributed by atoms with Crippen LogP contribution in [0.25, 0.3) is 0 Å². The van der Waals surface area contributed by atoms with E-state index in [2.05, 4.69) is 5.32 Å². The SMILES string of the molecule is COc1ccccc1CN(C)C(=O)C[NH+](C)CC(=O)Nc1ccc(F)cc1. The van der Waals surface area contributed by atoms with Gasteiger partial charge in [-0.25, -0.2) is 4.39 Å². The number of methoxy groups -OCH3 is 1. The van der Waals surface area contributed by atoms with Gasteiger partial charge in [-0.1, -0.05) is 18.2 Å². The van der Waals surface area contributed by atoms with E-state index in [0.717, 1.165) is 16.2 Å². The normalized spacial score (nSPS) is 11.6. The Morgan fingerprint density at radius 2 is 1.78 bits per heavy atom. The molecule has 0 aliphatic carbocycles. The quantitative estimate of drug-likeness (QED) is 0.723. The van der Waals surface area contributed by atoms with Gasteiger partial charge in [0.25, 0.3) is 11.8 Å². The van der Waals surface area contributed by atoms with Gasteiger partial charge in [0.15, 0.2) is 13.1 Å².